The van der Waals surface area contributed by atoms with Crippen LogP contribution in [0.15, 0.2) is 24.3 Å². The van der Waals surface area contributed by atoms with Crippen LogP contribution in [0.4, 0.5) is 0 Å². The maximum absolute atomic E-state index is 5.80. The fourth-order valence-corrected chi connectivity index (χ4v) is 1.70. The SMILES string of the molecule is Cc1ccc(-n2c(C)nnc2CCl)cc1. The van der Waals surface area contributed by atoms with Crippen molar-refractivity contribution in [2.75, 3.05) is 0 Å². The van der Waals surface area contributed by atoms with Gasteiger partial charge in [0, 0.05) is 5.69 Å². The summed E-state index contributed by atoms with van der Waals surface area (Å²) in [6.45, 7) is 3.98. The molecular formula is C11H12ClN3. The predicted octanol–water partition coefficient (Wildman–Crippen LogP) is 2.62. The van der Waals surface area contributed by atoms with E-state index in [1.807, 2.05) is 23.6 Å². The van der Waals surface area contributed by atoms with Gasteiger partial charge in [-0.05, 0) is 26.0 Å². The molecule has 0 aliphatic heterocycles. The number of aryl methyl sites for hydroxylation is 2. The van der Waals surface area contributed by atoms with Gasteiger partial charge in [-0.2, -0.15) is 0 Å². The number of benzene rings is 1. The van der Waals surface area contributed by atoms with Gasteiger partial charge in [0.25, 0.3) is 0 Å². The molecule has 0 saturated heterocycles. The lowest BCUT2D eigenvalue weighted by atomic mass is 10.2. The second-order valence-corrected chi connectivity index (χ2v) is 3.74. The minimum Gasteiger partial charge on any atom is -0.282 e. The third kappa shape index (κ3) is 1.88. The second kappa shape index (κ2) is 4.03. The van der Waals surface area contributed by atoms with Crippen LogP contribution < -0.4 is 0 Å². The first-order chi connectivity index (χ1) is 7.22. The summed E-state index contributed by atoms with van der Waals surface area (Å²) in [4.78, 5) is 0. The molecule has 0 amide bonds. The van der Waals surface area contributed by atoms with E-state index in [0.717, 1.165) is 17.3 Å². The van der Waals surface area contributed by atoms with Gasteiger partial charge in [-0.1, -0.05) is 17.7 Å². The number of alkyl halides is 1. The van der Waals surface area contributed by atoms with E-state index in [-0.39, 0.29) is 0 Å². The van der Waals surface area contributed by atoms with Crippen LogP contribution in [-0.4, -0.2) is 14.8 Å². The van der Waals surface area contributed by atoms with Crippen molar-refractivity contribution >= 4 is 11.6 Å². The Bertz CT molecular complexity index is 459. The Morgan fingerprint density at radius 3 is 2.40 bits per heavy atom. The summed E-state index contributed by atoms with van der Waals surface area (Å²) in [5, 5.41) is 8.03. The molecule has 0 bridgehead atoms. The normalized spacial score (nSPS) is 10.6. The highest BCUT2D eigenvalue weighted by Crippen LogP contribution is 2.14. The van der Waals surface area contributed by atoms with Crippen LogP contribution >= 0.6 is 11.6 Å². The van der Waals surface area contributed by atoms with Crippen LogP contribution in [0.25, 0.3) is 5.69 Å². The number of halogens is 1. The van der Waals surface area contributed by atoms with Gasteiger partial charge in [0.05, 0.1) is 5.88 Å². The summed E-state index contributed by atoms with van der Waals surface area (Å²) in [5.74, 6) is 2.00. The monoisotopic (exact) mass is 221 g/mol. The number of aromatic nitrogens is 3. The van der Waals surface area contributed by atoms with Crippen LogP contribution in [0.5, 0.6) is 0 Å². The molecule has 0 fully saturated rings. The van der Waals surface area contributed by atoms with E-state index in [4.69, 9.17) is 11.6 Å². The van der Waals surface area contributed by atoms with Gasteiger partial charge < -0.3 is 0 Å². The molecular weight excluding hydrogens is 210 g/mol. The van der Waals surface area contributed by atoms with Crippen LogP contribution in [0.1, 0.15) is 17.2 Å². The maximum atomic E-state index is 5.80. The van der Waals surface area contributed by atoms with Gasteiger partial charge in [-0.15, -0.1) is 21.8 Å². The molecule has 78 valence electrons. The molecule has 0 N–H and O–H groups in total. The summed E-state index contributed by atoms with van der Waals surface area (Å²) in [5.41, 5.74) is 2.29. The highest BCUT2D eigenvalue weighted by molar-refractivity contribution is 6.16. The van der Waals surface area contributed by atoms with Crippen molar-refractivity contribution in [2.24, 2.45) is 0 Å². The molecule has 0 atom stereocenters. The molecule has 0 radical (unpaired) electrons. The quantitative estimate of drug-likeness (QED) is 0.730. The minimum atomic E-state index is 0.370. The molecule has 0 aliphatic carbocycles. The Labute approximate surface area is 93.7 Å². The zero-order chi connectivity index (χ0) is 10.8. The van der Waals surface area contributed by atoms with Gasteiger partial charge in [-0.25, -0.2) is 0 Å². The Kier molecular flexibility index (Phi) is 2.73. The molecule has 4 heteroatoms. The number of nitrogens with zero attached hydrogens (tertiary/aromatic N) is 3. The van der Waals surface area contributed by atoms with E-state index in [9.17, 15) is 0 Å². The van der Waals surface area contributed by atoms with E-state index in [1.54, 1.807) is 0 Å². The summed E-state index contributed by atoms with van der Waals surface area (Å²) in [6.07, 6.45) is 0. The Morgan fingerprint density at radius 1 is 1.13 bits per heavy atom. The first kappa shape index (κ1) is 10.2. The van der Waals surface area contributed by atoms with Gasteiger partial charge in [-0.3, -0.25) is 4.57 Å². The lowest BCUT2D eigenvalue weighted by Gasteiger charge is -2.06. The molecule has 0 spiro atoms. The van der Waals surface area contributed by atoms with Crippen molar-refractivity contribution in [2.45, 2.75) is 19.7 Å². The molecule has 1 aromatic heterocycles. The topological polar surface area (TPSA) is 30.7 Å². The summed E-state index contributed by atoms with van der Waals surface area (Å²) in [7, 11) is 0. The van der Waals surface area contributed by atoms with Crippen LogP contribution in [0, 0.1) is 13.8 Å². The summed E-state index contributed by atoms with van der Waals surface area (Å²) in [6, 6.07) is 8.21. The molecule has 15 heavy (non-hydrogen) atoms. The Hall–Kier alpha value is -1.35. The van der Waals surface area contributed by atoms with Gasteiger partial charge in [0.2, 0.25) is 0 Å². The van der Waals surface area contributed by atoms with Crippen LogP contribution in [0.3, 0.4) is 0 Å². The Morgan fingerprint density at radius 2 is 1.80 bits per heavy atom. The number of hydrogen-bond acceptors (Lipinski definition) is 2. The maximum Gasteiger partial charge on any atom is 0.152 e. The first-order valence-corrected chi connectivity index (χ1v) is 5.29. The molecule has 0 aliphatic rings. The molecule has 2 rings (SSSR count). The molecule has 2 aromatic rings. The largest absolute Gasteiger partial charge is 0.282 e. The summed E-state index contributed by atoms with van der Waals surface area (Å²) < 4.78 is 1.96. The average molecular weight is 222 g/mol. The number of rotatable bonds is 2. The molecule has 1 heterocycles. The van der Waals surface area contributed by atoms with E-state index >= 15 is 0 Å². The highest BCUT2D eigenvalue weighted by Gasteiger charge is 2.08. The first-order valence-electron chi connectivity index (χ1n) is 4.76. The second-order valence-electron chi connectivity index (χ2n) is 3.47. The third-order valence-electron chi connectivity index (χ3n) is 2.30. The van der Waals surface area contributed by atoms with E-state index < -0.39 is 0 Å². The van der Waals surface area contributed by atoms with Gasteiger partial charge in [0.1, 0.15) is 5.82 Å². The highest BCUT2D eigenvalue weighted by atomic mass is 35.5. The standard InChI is InChI=1S/C11H12ClN3/c1-8-3-5-10(6-4-8)15-9(2)13-14-11(15)7-12/h3-6H,7H2,1-2H3. The lowest BCUT2D eigenvalue weighted by molar-refractivity contribution is 0.925. The summed E-state index contributed by atoms with van der Waals surface area (Å²) >= 11 is 5.80. The van der Waals surface area contributed by atoms with Crippen molar-refractivity contribution < 1.29 is 0 Å². The zero-order valence-electron chi connectivity index (χ0n) is 8.74. The van der Waals surface area contributed by atoms with Crippen molar-refractivity contribution in [1.29, 1.82) is 0 Å². The fraction of sp³-hybridized carbons (Fsp3) is 0.273. The number of hydrogen-bond donors (Lipinski definition) is 0. The van der Waals surface area contributed by atoms with E-state index in [1.165, 1.54) is 5.56 Å². The molecule has 0 saturated carbocycles. The van der Waals surface area contributed by atoms with Crippen LogP contribution in [-0.2, 0) is 5.88 Å². The predicted molar refractivity (Wildman–Crippen MR) is 60.4 cm³/mol. The third-order valence-corrected chi connectivity index (χ3v) is 2.54. The fourth-order valence-electron chi connectivity index (χ4n) is 1.52. The van der Waals surface area contributed by atoms with E-state index in [0.29, 0.717) is 5.88 Å². The molecule has 0 unspecified atom stereocenters. The van der Waals surface area contributed by atoms with Crippen molar-refractivity contribution in [1.82, 2.24) is 14.8 Å². The average Bonchev–Trinajstić information content (AvgIpc) is 2.61. The molecule has 3 nitrogen and oxygen atoms in total. The molecule has 1 aromatic carbocycles. The Balaban J connectivity index is 2.52. The van der Waals surface area contributed by atoms with Gasteiger partial charge >= 0.3 is 0 Å². The van der Waals surface area contributed by atoms with E-state index in [2.05, 4.69) is 29.3 Å². The minimum absolute atomic E-state index is 0.370. The van der Waals surface area contributed by atoms with Crippen molar-refractivity contribution in [3.05, 3.63) is 41.5 Å². The zero-order valence-corrected chi connectivity index (χ0v) is 9.49. The van der Waals surface area contributed by atoms with Gasteiger partial charge in [0.15, 0.2) is 5.82 Å². The lowest BCUT2D eigenvalue weighted by Crippen LogP contribution is -2.01. The van der Waals surface area contributed by atoms with Crippen molar-refractivity contribution in [3.8, 4) is 5.69 Å². The van der Waals surface area contributed by atoms with Crippen LogP contribution in [0.2, 0.25) is 0 Å². The smallest absolute Gasteiger partial charge is 0.152 e. The van der Waals surface area contributed by atoms with Crippen molar-refractivity contribution in [3.63, 3.8) is 0 Å².